The normalized spacial score (nSPS) is 11.6. The van der Waals surface area contributed by atoms with Crippen LogP contribution in [0.5, 0.6) is 11.5 Å². The van der Waals surface area contributed by atoms with Crippen molar-refractivity contribution in [2.75, 3.05) is 19.0 Å². The third-order valence-corrected chi connectivity index (χ3v) is 3.83. The molecule has 0 aliphatic heterocycles. The van der Waals surface area contributed by atoms with Crippen LogP contribution in [0.4, 0.5) is 5.69 Å². The van der Waals surface area contributed by atoms with Gasteiger partial charge in [0.2, 0.25) is 5.91 Å². The van der Waals surface area contributed by atoms with E-state index in [1.165, 1.54) is 0 Å². The van der Waals surface area contributed by atoms with Gasteiger partial charge in [0.1, 0.15) is 0 Å². The number of anilines is 1. The summed E-state index contributed by atoms with van der Waals surface area (Å²) in [6.07, 6.45) is 1.75. The monoisotopic (exact) mass is 327 g/mol. The molecular formula is C20H25NO3. The first-order valence-electron chi connectivity index (χ1n) is 8.36. The first-order valence-corrected chi connectivity index (χ1v) is 8.36. The number of nitrogens with one attached hydrogen (secondary N) is 1. The number of hydrogen-bond acceptors (Lipinski definition) is 3. The molecule has 0 radical (unpaired) electrons. The molecule has 0 saturated heterocycles. The minimum atomic E-state index is -0.159. The maximum absolute atomic E-state index is 12.7. The molecule has 4 heteroatoms. The van der Waals surface area contributed by atoms with Gasteiger partial charge in [-0.15, -0.1) is 0 Å². The van der Waals surface area contributed by atoms with Gasteiger partial charge in [0.15, 0.2) is 11.5 Å². The van der Waals surface area contributed by atoms with E-state index in [9.17, 15) is 4.79 Å². The molecule has 0 fully saturated rings. The van der Waals surface area contributed by atoms with Crippen LogP contribution in [-0.4, -0.2) is 19.6 Å². The molecule has 2 rings (SSSR count). The predicted octanol–water partition coefficient (Wildman–Crippen LogP) is 4.62. The van der Waals surface area contributed by atoms with Crippen LogP contribution in [0.15, 0.2) is 48.5 Å². The Kier molecular flexibility index (Phi) is 6.67. The number of hydrogen-bond donors (Lipinski definition) is 1. The average molecular weight is 327 g/mol. The minimum Gasteiger partial charge on any atom is -0.493 e. The summed E-state index contributed by atoms with van der Waals surface area (Å²) >= 11 is 0. The summed E-state index contributed by atoms with van der Waals surface area (Å²) in [5, 5.41) is 2.99. The SMILES string of the molecule is CCC[C@H](C(=O)Nc1ccc(OCC)c(OC)c1)c1ccccc1. The summed E-state index contributed by atoms with van der Waals surface area (Å²) in [6, 6.07) is 15.3. The maximum Gasteiger partial charge on any atom is 0.231 e. The molecule has 0 heterocycles. The molecule has 1 atom stereocenters. The molecule has 0 aliphatic rings. The zero-order valence-corrected chi connectivity index (χ0v) is 14.5. The van der Waals surface area contributed by atoms with Crippen LogP contribution in [0.1, 0.15) is 38.2 Å². The summed E-state index contributed by atoms with van der Waals surface area (Å²) in [5.41, 5.74) is 1.74. The van der Waals surface area contributed by atoms with Crippen LogP contribution in [0.25, 0.3) is 0 Å². The van der Waals surface area contributed by atoms with Gasteiger partial charge in [-0.2, -0.15) is 0 Å². The lowest BCUT2D eigenvalue weighted by Crippen LogP contribution is -2.21. The van der Waals surface area contributed by atoms with Crippen LogP contribution >= 0.6 is 0 Å². The highest BCUT2D eigenvalue weighted by Gasteiger charge is 2.20. The van der Waals surface area contributed by atoms with E-state index in [0.29, 0.717) is 23.8 Å². The summed E-state index contributed by atoms with van der Waals surface area (Å²) < 4.78 is 10.8. The third-order valence-electron chi connectivity index (χ3n) is 3.83. The molecule has 0 spiro atoms. The van der Waals surface area contributed by atoms with Crippen molar-refractivity contribution in [1.29, 1.82) is 0 Å². The second kappa shape index (κ2) is 8.96. The Hall–Kier alpha value is -2.49. The van der Waals surface area contributed by atoms with E-state index in [1.54, 1.807) is 13.2 Å². The largest absolute Gasteiger partial charge is 0.493 e. The summed E-state index contributed by atoms with van der Waals surface area (Å²) in [6.45, 7) is 4.57. The van der Waals surface area contributed by atoms with E-state index in [2.05, 4.69) is 12.2 Å². The molecule has 1 amide bonds. The molecule has 128 valence electrons. The zero-order valence-electron chi connectivity index (χ0n) is 14.5. The fraction of sp³-hybridized carbons (Fsp3) is 0.350. The third kappa shape index (κ3) is 4.51. The second-order valence-corrected chi connectivity index (χ2v) is 5.54. The summed E-state index contributed by atoms with van der Waals surface area (Å²) in [7, 11) is 1.59. The molecule has 4 nitrogen and oxygen atoms in total. The van der Waals surface area contributed by atoms with Crippen LogP contribution in [-0.2, 0) is 4.79 Å². The van der Waals surface area contributed by atoms with Gasteiger partial charge < -0.3 is 14.8 Å². The van der Waals surface area contributed by atoms with Gasteiger partial charge in [0, 0.05) is 11.8 Å². The number of methoxy groups -OCH3 is 1. The van der Waals surface area contributed by atoms with E-state index in [4.69, 9.17) is 9.47 Å². The number of rotatable bonds is 8. The van der Waals surface area contributed by atoms with E-state index >= 15 is 0 Å². The van der Waals surface area contributed by atoms with Crippen LogP contribution in [0, 0.1) is 0 Å². The number of carbonyl (C=O) groups excluding carboxylic acids is 1. The van der Waals surface area contributed by atoms with Crippen LogP contribution < -0.4 is 14.8 Å². The van der Waals surface area contributed by atoms with Crippen LogP contribution in [0.2, 0.25) is 0 Å². The quantitative estimate of drug-likeness (QED) is 0.770. The molecule has 0 bridgehead atoms. The van der Waals surface area contributed by atoms with Crippen molar-refractivity contribution in [1.82, 2.24) is 0 Å². The first kappa shape index (κ1) is 17.9. The van der Waals surface area contributed by atoms with E-state index in [-0.39, 0.29) is 11.8 Å². The van der Waals surface area contributed by atoms with E-state index in [1.807, 2.05) is 49.4 Å². The van der Waals surface area contributed by atoms with Gasteiger partial charge >= 0.3 is 0 Å². The van der Waals surface area contributed by atoms with E-state index in [0.717, 1.165) is 18.4 Å². The Bertz CT molecular complexity index is 655. The van der Waals surface area contributed by atoms with Crippen molar-refractivity contribution in [3.05, 3.63) is 54.1 Å². The van der Waals surface area contributed by atoms with Gasteiger partial charge in [-0.1, -0.05) is 43.7 Å². The van der Waals surface area contributed by atoms with Crippen molar-refractivity contribution < 1.29 is 14.3 Å². The van der Waals surface area contributed by atoms with Gasteiger partial charge in [-0.3, -0.25) is 4.79 Å². The summed E-state index contributed by atoms with van der Waals surface area (Å²) in [4.78, 5) is 12.7. The fourth-order valence-electron chi connectivity index (χ4n) is 2.67. The van der Waals surface area contributed by atoms with Crippen molar-refractivity contribution in [2.24, 2.45) is 0 Å². The molecule has 0 unspecified atom stereocenters. The van der Waals surface area contributed by atoms with Crippen molar-refractivity contribution in [2.45, 2.75) is 32.6 Å². The Balaban J connectivity index is 2.17. The molecule has 1 N–H and O–H groups in total. The molecular weight excluding hydrogens is 302 g/mol. The van der Waals surface area contributed by atoms with Crippen molar-refractivity contribution in [3.8, 4) is 11.5 Å². The fourth-order valence-corrected chi connectivity index (χ4v) is 2.67. The highest BCUT2D eigenvalue weighted by molar-refractivity contribution is 5.96. The summed E-state index contributed by atoms with van der Waals surface area (Å²) in [5.74, 6) is 1.12. The Labute approximate surface area is 143 Å². The predicted molar refractivity (Wildman–Crippen MR) is 96.9 cm³/mol. The standard InChI is InChI=1S/C20H25NO3/c1-4-9-17(15-10-7-6-8-11-15)20(22)21-16-12-13-18(24-5-2)19(14-16)23-3/h6-8,10-14,17H,4-5,9H2,1-3H3,(H,21,22)/t17-/m0/s1. The second-order valence-electron chi connectivity index (χ2n) is 5.54. The number of carbonyl (C=O) groups is 1. The Morgan fingerprint density at radius 2 is 1.83 bits per heavy atom. The lowest BCUT2D eigenvalue weighted by Gasteiger charge is -2.17. The smallest absolute Gasteiger partial charge is 0.231 e. The van der Waals surface area contributed by atoms with Gasteiger partial charge in [-0.25, -0.2) is 0 Å². The van der Waals surface area contributed by atoms with Gasteiger partial charge in [0.05, 0.1) is 19.6 Å². The van der Waals surface area contributed by atoms with Crippen molar-refractivity contribution in [3.63, 3.8) is 0 Å². The van der Waals surface area contributed by atoms with Gasteiger partial charge in [-0.05, 0) is 31.0 Å². The molecule has 24 heavy (non-hydrogen) atoms. The van der Waals surface area contributed by atoms with Crippen LogP contribution in [0.3, 0.4) is 0 Å². The topological polar surface area (TPSA) is 47.6 Å². The number of amides is 1. The Morgan fingerprint density at radius 3 is 2.46 bits per heavy atom. The number of ether oxygens (including phenoxy) is 2. The first-order chi connectivity index (χ1) is 11.7. The molecule has 2 aromatic carbocycles. The average Bonchev–Trinajstić information content (AvgIpc) is 2.61. The Morgan fingerprint density at radius 1 is 1.08 bits per heavy atom. The maximum atomic E-state index is 12.7. The van der Waals surface area contributed by atoms with Gasteiger partial charge in [0.25, 0.3) is 0 Å². The highest BCUT2D eigenvalue weighted by atomic mass is 16.5. The molecule has 2 aromatic rings. The molecule has 0 saturated carbocycles. The lowest BCUT2D eigenvalue weighted by molar-refractivity contribution is -0.117. The van der Waals surface area contributed by atoms with Crippen molar-refractivity contribution >= 4 is 11.6 Å². The molecule has 0 aliphatic carbocycles. The van der Waals surface area contributed by atoms with E-state index < -0.39 is 0 Å². The minimum absolute atomic E-state index is 0.00531. The highest BCUT2D eigenvalue weighted by Crippen LogP contribution is 2.31. The number of benzene rings is 2. The lowest BCUT2D eigenvalue weighted by atomic mass is 9.93. The zero-order chi connectivity index (χ0) is 17.4. The molecule has 0 aromatic heterocycles.